The fourth-order valence-electron chi connectivity index (χ4n) is 2.48. The number of carbonyl (C=O) groups is 1. The molecule has 0 spiro atoms. The van der Waals surface area contributed by atoms with Gasteiger partial charge in [0.1, 0.15) is 6.61 Å². The summed E-state index contributed by atoms with van der Waals surface area (Å²) >= 11 is 0. The molecule has 2 atom stereocenters. The average Bonchev–Trinajstić information content (AvgIpc) is 2.49. The molecule has 0 amide bonds. The van der Waals surface area contributed by atoms with Crippen molar-refractivity contribution >= 4 is 5.97 Å². The number of rotatable bonds is 5. The Morgan fingerprint density at radius 3 is 2.95 bits per heavy atom. The van der Waals surface area contributed by atoms with E-state index in [9.17, 15) is 4.79 Å². The molecule has 112 valence electrons. The first-order valence-electron chi connectivity index (χ1n) is 7.23. The average molecular weight is 287 g/mol. The number of esters is 1. The second-order valence-corrected chi connectivity index (χ2v) is 5.40. The maximum atomic E-state index is 12.0. The normalized spacial score (nSPS) is 22.5. The summed E-state index contributed by atoms with van der Waals surface area (Å²) in [6, 6.07) is 12.2. The van der Waals surface area contributed by atoms with Crippen molar-refractivity contribution in [1.82, 2.24) is 10.2 Å². The molecule has 21 heavy (non-hydrogen) atoms. The van der Waals surface area contributed by atoms with Gasteiger partial charge in [-0.2, -0.15) is 5.26 Å². The second-order valence-electron chi connectivity index (χ2n) is 5.40. The summed E-state index contributed by atoms with van der Waals surface area (Å²) < 4.78 is 5.31. The Morgan fingerprint density at radius 1 is 1.48 bits per heavy atom. The van der Waals surface area contributed by atoms with E-state index in [0.717, 1.165) is 18.7 Å². The van der Waals surface area contributed by atoms with Gasteiger partial charge in [-0.05, 0) is 12.5 Å². The topological polar surface area (TPSA) is 65.4 Å². The van der Waals surface area contributed by atoms with Gasteiger partial charge in [0.25, 0.3) is 0 Å². The Kier molecular flexibility index (Phi) is 5.73. The Labute approximate surface area is 125 Å². The van der Waals surface area contributed by atoms with Gasteiger partial charge in [-0.15, -0.1) is 0 Å². The molecule has 1 fully saturated rings. The minimum atomic E-state index is -0.240. The number of ether oxygens (including phenoxy) is 1. The third-order valence-electron chi connectivity index (χ3n) is 3.63. The van der Waals surface area contributed by atoms with E-state index in [1.807, 2.05) is 35.2 Å². The van der Waals surface area contributed by atoms with Crippen LogP contribution >= 0.6 is 0 Å². The van der Waals surface area contributed by atoms with Crippen LogP contribution in [0.2, 0.25) is 0 Å². The van der Waals surface area contributed by atoms with Crippen molar-refractivity contribution < 1.29 is 9.53 Å². The highest BCUT2D eigenvalue weighted by molar-refractivity contribution is 5.71. The first-order valence-corrected chi connectivity index (χ1v) is 7.23. The van der Waals surface area contributed by atoms with E-state index in [4.69, 9.17) is 10.00 Å². The zero-order valence-electron chi connectivity index (χ0n) is 12.3. The van der Waals surface area contributed by atoms with Crippen LogP contribution in [0.15, 0.2) is 30.3 Å². The first kappa shape index (κ1) is 15.5. The highest BCUT2D eigenvalue weighted by Crippen LogP contribution is 2.10. The summed E-state index contributed by atoms with van der Waals surface area (Å²) in [6.07, 6.45) is 0.422. The number of benzene rings is 1. The number of piperazine rings is 1. The lowest BCUT2D eigenvalue weighted by Gasteiger charge is -2.37. The predicted molar refractivity (Wildman–Crippen MR) is 79.3 cm³/mol. The minimum Gasteiger partial charge on any atom is -0.460 e. The summed E-state index contributed by atoms with van der Waals surface area (Å²) in [6.45, 7) is 4.10. The Hall–Kier alpha value is -1.90. The zero-order chi connectivity index (χ0) is 15.1. The second kappa shape index (κ2) is 7.77. The van der Waals surface area contributed by atoms with Crippen LogP contribution in [-0.2, 0) is 16.1 Å². The van der Waals surface area contributed by atoms with E-state index < -0.39 is 0 Å². The lowest BCUT2D eigenvalue weighted by Crippen LogP contribution is -2.56. The monoisotopic (exact) mass is 287 g/mol. The van der Waals surface area contributed by atoms with E-state index in [-0.39, 0.29) is 18.6 Å². The smallest absolute Gasteiger partial charge is 0.320 e. The fraction of sp³-hybridized carbons (Fsp3) is 0.500. The molecular weight excluding hydrogens is 266 g/mol. The van der Waals surface area contributed by atoms with Crippen LogP contribution in [0, 0.1) is 11.3 Å². The molecule has 1 aromatic rings. The van der Waals surface area contributed by atoms with Crippen molar-refractivity contribution in [2.75, 3.05) is 19.6 Å². The van der Waals surface area contributed by atoms with Crippen LogP contribution < -0.4 is 5.32 Å². The maximum Gasteiger partial charge on any atom is 0.320 e. The lowest BCUT2D eigenvalue weighted by atomic mass is 10.1. The van der Waals surface area contributed by atoms with Crippen LogP contribution in [0.25, 0.3) is 0 Å². The van der Waals surface area contributed by atoms with Gasteiger partial charge < -0.3 is 10.1 Å². The number of hydrogen-bond donors (Lipinski definition) is 1. The lowest BCUT2D eigenvalue weighted by molar-refractivity contribution is -0.147. The third-order valence-corrected chi connectivity index (χ3v) is 3.63. The van der Waals surface area contributed by atoms with Gasteiger partial charge in [-0.1, -0.05) is 30.3 Å². The molecule has 1 saturated heterocycles. The molecule has 1 aliphatic rings. The largest absolute Gasteiger partial charge is 0.460 e. The Bertz CT molecular complexity index is 498. The summed E-state index contributed by atoms with van der Waals surface area (Å²) in [5.41, 5.74) is 0.980. The Balaban J connectivity index is 1.83. The molecule has 5 nitrogen and oxygen atoms in total. The molecule has 0 unspecified atom stereocenters. The molecule has 0 saturated carbocycles. The van der Waals surface area contributed by atoms with Crippen LogP contribution in [0.3, 0.4) is 0 Å². The fourth-order valence-corrected chi connectivity index (χ4v) is 2.48. The van der Waals surface area contributed by atoms with E-state index in [2.05, 4.69) is 18.3 Å². The molecule has 1 aliphatic heterocycles. The van der Waals surface area contributed by atoms with Gasteiger partial charge in [-0.3, -0.25) is 9.69 Å². The van der Waals surface area contributed by atoms with Crippen LogP contribution in [0.1, 0.15) is 18.9 Å². The number of carbonyl (C=O) groups excluding carboxylic acids is 1. The number of hydrogen-bond acceptors (Lipinski definition) is 5. The summed E-state index contributed by atoms with van der Waals surface area (Å²) in [5.74, 6) is -0.240. The molecule has 0 aromatic heterocycles. The van der Waals surface area contributed by atoms with E-state index in [1.165, 1.54) is 0 Å². The molecule has 0 radical (unpaired) electrons. The zero-order valence-corrected chi connectivity index (χ0v) is 12.3. The van der Waals surface area contributed by atoms with Crippen LogP contribution in [-0.4, -0.2) is 42.6 Å². The standard InChI is InChI=1S/C16H21N3O2/c1-13-10-19(15(7-8-17)9-18-13)11-16(20)21-12-14-5-3-2-4-6-14/h2-6,13,15,18H,7,9-12H2,1H3/t13-,15+/m1/s1. The predicted octanol–water partition coefficient (Wildman–Crippen LogP) is 1.31. The van der Waals surface area contributed by atoms with Gasteiger partial charge >= 0.3 is 5.97 Å². The van der Waals surface area contributed by atoms with E-state index in [0.29, 0.717) is 19.1 Å². The first-order chi connectivity index (χ1) is 10.2. The highest BCUT2D eigenvalue weighted by Gasteiger charge is 2.27. The van der Waals surface area contributed by atoms with Gasteiger partial charge in [0.05, 0.1) is 19.0 Å². The number of nitriles is 1. The molecule has 0 bridgehead atoms. The summed E-state index contributed by atoms with van der Waals surface area (Å²) in [7, 11) is 0. The molecule has 1 N–H and O–H groups in total. The van der Waals surface area contributed by atoms with Gasteiger partial charge in [0.2, 0.25) is 0 Å². The van der Waals surface area contributed by atoms with Crippen LogP contribution in [0.4, 0.5) is 0 Å². The van der Waals surface area contributed by atoms with Crippen LogP contribution in [0.5, 0.6) is 0 Å². The highest BCUT2D eigenvalue weighted by atomic mass is 16.5. The van der Waals surface area contributed by atoms with Gasteiger partial charge in [0.15, 0.2) is 0 Å². The molecule has 0 aliphatic carbocycles. The number of nitrogens with one attached hydrogen (secondary N) is 1. The van der Waals surface area contributed by atoms with E-state index in [1.54, 1.807) is 0 Å². The summed E-state index contributed by atoms with van der Waals surface area (Å²) in [5, 5.41) is 12.2. The minimum absolute atomic E-state index is 0.0791. The van der Waals surface area contributed by atoms with E-state index >= 15 is 0 Å². The quantitative estimate of drug-likeness (QED) is 0.827. The maximum absolute atomic E-state index is 12.0. The number of nitrogens with zero attached hydrogens (tertiary/aromatic N) is 2. The van der Waals surface area contributed by atoms with Crippen molar-refractivity contribution in [2.45, 2.75) is 32.0 Å². The molecule has 5 heteroatoms. The molecule has 2 rings (SSSR count). The van der Waals surface area contributed by atoms with Crippen molar-refractivity contribution in [1.29, 1.82) is 5.26 Å². The van der Waals surface area contributed by atoms with Crippen molar-refractivity contribution in [3.63, 3.8) is 0 Å². The SMILES string of the molecule is C[C@@H]1CN(CC(=O)OCc2ccccc2)[C@@H](CC#N)CN1. The molecular formula is C16H21N3O2. The molecule has 1 heterocycles. The molecule has 1 aromatic carbocycles. The van der Waals surface area contributed by atoms with Gasteiger partial charge in [-0.25, -0.2) is 0 Å². The van der Waals surface area contributed by atoms with Crippen molar-refractivity contribution in [2.24, 2.45) is 0 Å². The Morgan fingerprint density at radius 2 is 2.24 bits per heavy atom. The van der Waals surface area contributed by atoms with Crippen molar-refractivity contribution in [3.8, 4) is 6.07 Å². The van der Waals surface area contributed by atoms with Gasteiger partial charge in [0, 0.05) is 25.2 Å². The van der Waals surface area contributed by atoms with Crippen molar-refractivity contribution in [3.05, 3.63) is 35.9 Å². The third kappa shape index (κ3) is 4.85. The summed E-state index contributed by atoms with van der Waals surface area (Å²) in [4.78, 5) is 14.0.